The van der Waals surface area contributed by atoms with Crippen LogP contribution >= 0.6 is 0 Å². The molecule has 0 aliphatic heterocycles. The average molecular weight is 360 g/mol. The summed E-state index contributed by atoms with van der Waals surface area (Å²) in [5.41, 5.74) is 1.30. The van der Waals surface area contributed by atoms with E-state index >= 15 is 0 Å². The Bertz CT molecular complexity index is 797. The van der Waals surface area contributed by atoms with E-state index in [1.165, 1.54) is 14.2 Å². The van der Waals surface area contributed by atoms with E-state index in [0.717, 1.165) is 17.1 Å². The number of ether oxygens (including phenoxy) is 2. The minimum Gasteiger partial charge on any atom is -0.493 e. The number of benzene rings is 1. The van der Waals surface area contributed by atoms with E-state index < -0.39 is 0 Å². The number of aryl methyl sites for hydroxylation is 2. The monoisotopic (exact) mass is 360 g/mol. The van der Waals surface area contributed by atoms with Crippen LogP contribution in [0.3, 0.4) is 0 Å². The first kappa shape index (κ1) is 19.4. The Labute approximate surface area is 152 Å². The number of methoxy groups -OCH3 is 2. The molecule has 1 atom stereocenters. The molecule has 140 valence electrons. The Hall–Kier alpha value is -2.96. The van der Waals surface area contributed by atoms with Crippen molar-refractivity contribution in [1.29, 1.82) is 0 Å². The molecule has 0 saturated carbocycles. The Balaban J connectivity index is 1.92. The molecule has 0 bridgehead atoms. The molecular weight excluding hydrogens is 336 g/mol. The van der Waals surface area contributed by atoms with E-state index in [4.69, 9.17) is 13.9 Å². The third-order valence-electron chi connectivity index (χ3n) is 3.98. The molecule has 0 spiro atoms. The fourth-order valence-corrected chi connectivity index (χ4v) is 2.69. The van der Waals surface area contributed by atoms with E-state index in [-0.39, 0.29) is 24.4 Å². The van der Waals surface area contributed by atoms with Crippen LogP contribution in [-0.4, -0.2) is 32.6 Å². The van der Waals surface area contributed by atoms with Crippen molar-refractivity contribution in [2.24, 2.45) is 0 Å². The lowest BCUT2D eigenvalue weighted by Crippen LogP contribution is -2.38. The largest absolute Gasteiger partial charge is 0.493 e. The average Bonchev–Trinajstić information content (AvgIpc) is 2.97. The van der Waals surface area contributed by atoms with Crippen LogP contribution < -0.4 is 20.1 Å². The Morgan fingerprint density at radius 2 is 1.81 bits per heavy atom. The first-order valence-electron chi connectivity index (χ1n) is 8.22. The molecule has 1 unspecified atom stereocenters. The van der Waals surface area contributed by atoms with E-state index in [9.17, 15) is 9.59 Å². The van der Waals surface area contributed by atoms with Crippen LogP contribution in [-0.2, 0) is 4.79 Å². The summed E-state index contributed by atoms with van der Waals surface area (Å²) >= 11 is 0. The summed E-state index contributed by atoms with van der Waals surface area (Å²) in [5.74, 6) is 1.88. The van der Waals surface area contributed by atoms with E-state index in [2.05, 4.69) is 10.6 Å². The maximum Gasteiger partial charge on any atom is 0.251 e. The number of hydrogen-bond donors (Lipinski definition) is 2. The molecule has 2 amide bonds. The lowest BCUT2D eigenvalue weighted by Gasteiger charge is -2.14. The number of rotatable bonds is 7. The van der Waals surface area contributed by atoms with Gasteiger partial charge in [-0.05, 0) is 45.0 Å². The number of hydrogen-bond acceptors (Lipinski definition) is 5. The summed E-state index contributed by atoms with van der Waals surface area (Å²) in [6.45, 7) is 5.44. The van der Waals surface area contributed by atoms with Crippen LogP contribution in [0.4, 0.5) is 0 Å². The first-order chi connectivity index (χ1) is 12.3. The SMILES string of the molecule is COc1ccc(C(=O)NCC(=O)NC(C)c2cc(C)oc2C)cc1OC. The van der Waals surface area contributed by atoms with Crippen LogP contribution in [0.1, 0.15) is 40.4 Å². The molecule has 7 nitrogen and oxygen atoms in total. The predicted octanol–water partition coefficient (Wildman–Crippen LogP) is 2.52. The fourth-order valence-electron chi connectivity index (χ4n) is 2.69. The third kappa shape index (κ3) is 4.56. The minimum atomic E-state index is -0.371. The van der Waals surface area contributed by atoms with Crippen molar-refractivity contribution in [2.75, 3.05) is 20.8 Å². The van der Waals surface area contributed by atoms with Crippen molar-refractivity contribution in [3.05, 3.63) is 46.9 Å². The Kier molecular flexibility index (Phi) is 6.27. The predicted molar refractivity (Wildman–Crippen MR) is 96.6 cm³/mol. The second-order valence-corrected chi connectivity index (χ2v) is 5.91. The van der Waals surface area contributed by atoms with Gasteiger partial charge in [-0.2, -0.15) is 0 Å². The van der Waals surface area contributed by atoms with Crippen LogP contribution in [0, 0.1) is 13.8 Å². The highest BCUT2D eigenvalue weighted by Crippen LogP contribution is 2.27. The van der Waals surface area contributed by atoms with E-state index in [0.29, 0.717) is 17.1 Å². The van der Waals surface area contributed by atoms with Gasteiger partial charge in [0.15, 0.2) is 11.5 Å². The van der Waals surface area contributed by atoms with Gasteiger partial charge in [0.25, 0.3) is 5.91 Å². The standard InChI is InChI=1S/C19H24N2O5/c1-11-8-15(13(3)26-11)12(2)21-18(22)10-20-19(23)14-6-7-16(24-4)17(9-14)25-5/h6-9,12H,10H2,1-5H3,(H,20,23)(H,21,22). The van der Waals surface area contributed by atoms with Gasteiger partial charge < -0.3 is 24.5 Å². The van der Waals surface area contributed by atoms with E-state index in [1.807, 2.05) is 26.8 Å². The normalized spacial score (nSPS) is 11.6. The zero-order valence-corrected chi connectivity index (χ0v) is 15.6. The van der Waals surface area contributed by atoms with Crippen molar-refractivity contribution < 1.29 is 23.5 Å². The Morgan fingerprint density at radius 1 is 1.12 bits per heavy atom. The summed E-state index contributed by atoms with van der Waals surface area (Å²) < 4.78 is 15.8. The highest BCUT2D eigenvalue weighted by Gasteiger charge is 2.16. The molecule has 0 aliphatic rings. The Morgan fingerprint density at radius 3 is 2.38 bits per heavy atom. The molecule has 1 aromatic heterocycles. The minimum absolute atomic E-state index is 0.132. The topological polar surface area (TPSA) is 89.8 Å². The van der Waals surface area contributed by atoms with Gasteiger partial charge in [-0.15, -0.1) is 0 Å². The van der Waals surface area contributed by atoms with Crippen molar-refractivity contribution in [3.63, 3.8) is 0 Å². The van der Waals surface area contributed by atoms with Gasteiger partial charge in [0.1, 0.15) is 11.5 Å². The molecule has 0 aliphatic carbocycles. The van der Waals surface area contributed by atoms with Gasteiger partial charge in [-0.25, -0.2) is 0 Å². The fraction of sp³-hybridized carbons (Fsp3) is 0.368. The summed E-state index contributed by atoms with van der Waals surface area (Å²) in [4.78, 5) is 24.3. The van der Waals surface area contributed by atoms with E-state index in [1.54, 1.807) is 18.2 Å². The maximum absolute atomic E-state index is 12.2. The van der Waals surface area contributed by atoms with Gasteiger partial charge in [-0.1, -0.05) is 0 Å². The van der Waals surface area contributed by atoms with Gasteiger partial charge in [0, 0.05) is 11.1 Å². The van der Waals surface area contributed by atoms with Gasteiger partial charge in [-0.3, -0.25) is 9.59 Å². The van der Waals surface area contributed by atoms with Gasteiger partial charge in [0.05, 0.1) is 26.8 Å². The second kappa shape index (κ2) is 8.42. The number of carbonyl (C=O) groups is 2. The van der Waals surface area contributed by atoms with Crippen LogP contribution in [0.25, 0.3) is 0 Å². The third-order valence-corrected chi connectivity index (χ3v) is 3.98. The lowest BCUT2D eigenvalue weighted by atomic mass is 10.1. The van der Waals surface area contributed by atoms with Crippen LogP contribution in [0.2, 0.25) is 0 Å². The lowest BCUT2D eigenvalue weighted by molar-refractivity contribution is -0.120. The maximum atomic E-state index is 12.2. The second-order valence-electron chi connectivity index (χ2n) is 5.91. The molecule has 7 heteroatoms. The first-order valence-corrected chi connectivity index (χ1v) is 8.22. The molecule has 1 aromatic carbocycles. The summed E-state index contributed by atoms with van der Waals surface area (Å²) in [5, 5.41) is 5.43. The highest BCUT2D eigenvalue weighted by atomic mass is 16.5. The number of amides is 2. The van der Waals surface area contributed by atoms with Crippen molar-refractivity contribution in [1.82, 2.24) is 10.6 Å². The summed E-state index contributed by atoms with van der Waals surface area (Å²) in [7, 11) is 3.01. The quantitative estimate of drug-likeness (QED) is 0.792. The molecule has 0 radical (unpaired) electrons. The molecule has 2 N–H and O–H groups in total. The molecule has 1 heterocycles. The van der Waals surface area contributed by atoms with Gasteiger partial charge >= 0.3 is 0 Å². The molecule has 0 fully saturated rings. The van der Waals surface area contributed by atoms with Crippen molar-refractivity contribution >= 4 is 11.8 Å². The molecule has 26 heavy (non-hydrogen) atoms. The summed E-state index contributed by atoms with van der Waals surface area (Å²) in [6, 6.07) is 6.49. The smallest absolute Gasteiger partial charge is 0.251 e. The highest BCUT2D eigenvalue weighted by molar-refractivity contribution is 5.97. The number of furan rings is 1. The van der Waals surface area contributed by atoms with Crippen LogP contribution in [0.15, 0.2) is 28.7 Å². The zero-order chi connectivity index (χ0) is 19.3. The number of carbonyl (C=O) groups excluding carboxylic acids is 2. The molecular formula is C19H24N2O5. The van der Waals surface area contributed by atoms with Crippen molar-refractivity contribution in [3.8, 4) is 11.5 Å². The molecule has 2 aromatic rings. The summed E-state index contributed by atoms with van der Waals surface area (Å²) in [6.07, 6.45) is 0. The molecule has 0 saturated heterocycles. The van der Waals surface area contributed by atoms with Crippen molar-refractivity contribution in [2.45, 2.75) is 26.8 Å². The number of nitrogens with one attached hydrogen (secondary N) is 2. The van der Waals surface area contributed by atoms with Crippen LogP contribution in [0.5, 0.6) is 11.5 Å². The molecule has 2 rings (SSSR count). The van der Waals surface area contributed by atoms with Gasteiger partial charge in [0.2, 0.25) is 5.91 Å². The zero-order valence-electron chi connectivity index (χ0n) is 15.6.